The maximum absolute atomic E-state index is 12.7. The highest BCUT2D eigenvalue weighted by atomic mass is 16.5. The molecule has 1 aliphatic carbocycles. The highest BCUT2D eigenvalue weighted by Gasteiger charge is 2.30. The van der Waals surface area contributed by atoms with Crippen LogP contribution in [0.2, 0.25) is 0 Å². The van der Waals surface area contributed by atoms with E-state index in [0.29, 0.717) is 28.9 Å². The van der Waals surface area contributed by atoms with Gasteiger partial charge in [0.15, 0.2) is 5.78 Å². The predicted octanol–water partition coefficient (Wildman–Crippen LogP) is 3.71. The second-order valence-corrected chi connectivity index (χ2v) is 5.64. The molecular formula is C20H14O3. The summed E-state index contributed by atoms with van der Waals surface area (Å²) in [6.45, 7) is 0. The lowest BCUT2D eigenvalue weighted by molar-refractivity contribution is -0.131. The lowest BCUT2D eigenvalue weighted by atomic mass is 9.86. The standard InChI is InChI=1S/C20H14O3/c21-19-15-9-5-4-8-14(15)10-11-16(19)18-12-17(20(22)23-18)13-6-2-1-3-7-13/h1-9,12H,10-11H2/b18-16+. The molecule has 1 heterocycles. The minimum atomic E-state index is -0.398. The van der Waals surface area contributed by atoms with Crippen LogP contribution in [0, 0.1) is 0 Å². The summed E-state index contributed by atoms with van der Waals surface area (Å²) in [6.07, 6.45) is 3.07. The van der Waals surface area contributed by atoms with Gasteiger partial charge in [-0.25, -0.2) is 4.79 Å². The van der Waals surface area contributed by atoms with Gasteiger partial charge in [0.2, 0.25) is 0 Å². The van der Waals surface area contributed by atoms with Gasteiger partial charge in [0, 0.05) is 11.1 Å². The fourth-order valence-electron chi connectivity index (χ4n) is 3.07. The predicted molar refractivity (Wildman–Crippen MR) is 86.6 cm³/mol. The molecule has 2 aromatic rings. The number of Topliss-reactive ketones (excluding diaryl/α,β-unsaturated/α-hetero) is 1. The molecule has 0 atom stereocenters. The smallest absolute Gasteiger partial charge is 0.344 e. The fourth-order valence-corrected chi connectivity index (χ4v) is 3.07. The average Bonchev–Trinajstić information content (AvgIpc) is 2.98. The molecule has 0 saturated heterocycles. The van der Waals surface area contributed by atoms with Crippen molar-refractivity contribution in [1.82, 2.24) is 0 Å². The first kappa shape index (κ1) is 13.7. The minimum Gasteiger partial charge on any atom is -0.422 e. The highest BCUT2D eigenvalue weighted by Crippen LogP contribution is 2.33. The summed E-state index contributed by atoms with van der Waals surface area (Å²) in [5, 5.41) is 0. The van der Waals surface area contributed by atoms with Gasteiger partial charge in [0.1, 0.15) is 5.76 Å². The fraction of sp³-hybridized carbons (Fsp3) is 0.100. The van der Waals surface area contributed by atoms with Crippen LogP contribution in [-0.2, 0) is 16.0 Å². The average molecular weight is 302 g/mol. The van der Waals surface area contributed by atoms with Gasteiger partial charge in [-0.15, -0.1) is 0 Å². The van der Waals surface area contributed by atoms with Gasteiger partial charge >= 0.3 is 5.97 Å². The third-order valence-electron chi connectivity index (χ3n) is 4.26. The lowest BCUT2D eigenvalue weighted by Crippen LogP contribution is -2.16. The van der Waals surface area contributed by atoms with E-state index >= 15 is 0 Å². The van der Waals surface area contributed by atoms with E-state index in [0.717, 1.165) is 17.5 Å². The van der Waals surface area contributed by atoms with Crippen molar-refractivity contribution in [2.75, 3.05) is 0 Å². The summed E-state index contributed by atoms with van der Waals surface area (Å²) in [6, 6.07) is 17.0. The number of esters is 1. The number of cyclic esters (lactones) is 1. The Bertz CT molecular complexity index is 873. The van der Waals surface area contributed by atoms with Crippen LogP contribution in [0.15, 0.2) is 72.0 Å². The summed E-state index contributed by atoms with van der Waals surface area (Å²) >= 11 is 0. The van der Waals surface area contributed by atoms with E-state index in [-0.39, 0.29) is 5.78 Å². The minimum absolute atomic E-state index is 0.0415. The Hall–Kier alpha value is -2.94. The van der Waals surface area contributed by atoms with E-state index < -0.39 is 5.97 Å². The summed E-state index contributed by atoms with van der Waals surface area (Å²) in [5.74, 6) is -0.0427. The number of hydrogen-bond donors (Lipinski definition) is 0. The second kappa shape index (κ2) is 5.36. The first-order valence-electron chi connectivity index (χ1n) is 7.59. The number of carbonyl (C=O) groups excluding carboxylic acids is 2. The normalized spacial score (nSPS) is 20.1. The number of ether oxygens (including phenoxy) is 1. The van der Waals surface area contributed by atoms with E-state index in [4.69, 9.17) is 4.74 Å². The lowest BCUT2D eigenvalue weighted by Gasteiger charge is -2.17. The van der Waals surface area contributed by atoms with Crippen LogP contribution in [0.3, 0.4) is 0 Å². The molecule has 0 bridgehead atoms. The third-order valence-corrected chi connectivity index (χ3v) is 4.26. The zero-order valence-corrected chi connectivity index (χ0v) is 12.4. The van der Waals surface area contributed by atoms with Crippen molar-refractivity contribution in [1.29, 1.82) is 0 Å². The molecule has 0 unspecified atom stereocenters. The van der Waals surface area contributed by atoms with Crippen molar-refractivity contribution >= 4 is 17.3 Å². The summed E-state index contributed by atoms with van der Waals surface area (Å²) in [5.41, 5.74) is 3.65. The van der Waals surface area contributed by atoms with Crippen LogP contribution < -0.4 is 0 Å². The Morgan fingerprint density at radius 3 is 2.39 bits per heavy atom. The maximum atomic E-state index is 12.7. The first-order chi connectivity index (χ1) is 11.2. The zero-order chi connectivity index (χ0) is 15.8. The van der Waals surface area contributed by atoms with Crippen LogP contribution in [0.25, 0.3) is 5.57 Å². The van der Waals surface area contributed by atoms with Crippen LogP contribution >= 0.6 is 0 Å². The van der Waals surface area contributed by atoms with Gasteiger partial charge in [0.25, 0.3) is 0 Å². The molecule has 1 aliphatic heterocycles. The number of carbonyl (C=O) groups is 2. The summed E-state index contributed by atoms with van der Waals surface area (Å²) in [7, 11) is 0. The van der Waals surface area contributed by atoms with Crippen molar-refractivity contribution in [3.63, 3.8) is 0 Å². The highest BCUT2D eigenvalue weighted by molar-refractivity contribution is 6.21. The molecule has 0 amide bonds. The van der Waals surface area contributed by atoms with E-state index in [2.05, 4.69) is 0 Å². The molecule has 0 aromatic heterocycles. The van der Waals surface area contributed by atoms with Gasteiger partial charge in [-0.3, -0.25) is 4.79 Å². The van der Waals surface area contributed by atoms with E-state index in [1.165, 1.54) is 0 Å². The Balaban J connectivity index is 1.77. The van der Waals surface area contributed by atoms with Gasteiger partial charge in [0.05, 0.1) is 5.57 Å². The van der Waals surface area contributed by atoms with Crippen molar-refractivity contribution < 1.29 is 14.3 Å². The van der Waals surface area contributed by atoms with Crippen molar-refractivity contribution in [3.05, 3.63) is 88.7 Å². The Labute approximate surface area is 133 Å². The number of fused-ring (bicyclic) bond motifs is 1. The van der Waals surface area contributed by atoms with E-state index in [9.17, 15) is 9.59 Å². The van der Waals surface area contributed by atoms with Gasteiger partial charge < -0.3 is 4.74 Å². The Morgan fingerprint density at radius 2 is 1.57 bits per heavy atom. The first-order valence-corrected chi connectivity index (χ1v) is 7.59. The monoisotopic (exact) mass is 302 g/mol. The van der Waals surface area contributed by atoms with Crippen molar-refractivity contribution in [2.24, 2.45) is 0 Å². The molecule has 0 radical (unpaired) electrons. The number of allylic oxidation sites excluding steroid dienone is 2. The third kappa shape index (κ3) is 2.30. The number of rotatable bonds is 1. The number of hydrogen-bond acceptors (Lipinski definition) is 3. The second-order valence-electron chi connectivity index (χ2n) is 5.64. The summed E-state index contributed by atoms with van der Waals surface area (Å²) in [4.78, 5) is 24.8. The zero-order valence-electron chi connectivity index (χ0n) is 12.4. The van der Waals surface area contributed by atoms with Crippen LogP contribution in [0.5, 0.6) is 0 Å². The SMILES string of the molecule is O=C1O/C(=C2\CCc3ccccc3C2=O)C=C1c1ccccc1. The van der Waals surface area contributed by atoms with Gasteiger partial charge in [-0.05, 0) is 30.0 Å². The molecule has 3 nitrogen and oxygen atoms in total. The number of benzene rings is 2. The number of ketones is 1. The molecule has 4 rings (SSSR count). The van der Waals surface area contributed by atoms with Crippen molar-refractivity contribution in [2.45, 2.75) is 12.8 Å². The quantitative estimate of drug-likeness (QED) is 0.596. The largest absolute Gasteiger partial charge is 0.422 e. The van der Waals surface area contributed by atoms with Crippen LogP contribution in [0.4, 0.5) is 0 Å². The topological polar surface area (TPSA) is 43.4 Å². The van der Waals surface area contributed by atoms with Crippen molar-refractivity contribution in [3.8, 4) is 0 Å². The van der Waals surface area contributed by atoms with Gasteiger partial charge in [-0.2, -0.15) is 0 Å². The number of aryl methyl sites for hydroxylation is 1. The molecular weight excluding hydrogens is 288 g/mol. The molecule has 2 aliphatic rings. The van der Waals surface area contributed by atoms with Crippen LogP contribution in [-0.4, -0.2) is 11.8 Å². The maximum Gasteiger partial charge on any atom is 0.344 e. The van der Waals surface area contributed by atoms with Crippen LogP contribution in [0.1, 0.15) is 27.9 Å². The molecule has 0 saturated carbocycles. The van der Waals surface area contributed by atoms with E-state index in [1.807, 2.05) is 54.6 Å². The molecule has 0 spiro atoms. The Morgan fingerprint density at radius 1 is 0.826 bits per heavy atom. The van der Waals surface area contributed by atoms with E-state index in [1.54, 1.807) is 6.08 Å². The molecule has 23 heavy (non-hydrogen) atoms. The summed E-state index contributed by atoms with van der Waals surface area (Å²) < 4.78 is 5.38. The molecule has 112 valence electrons. The Kier molecular flexibility index (Phi) is 3.19. The molecule has 0 N–H and O–H groups in total. The molecule has 3 heteroatoms. The molecule has 0 fully saturated rings. The molecule has 2 aromatic carbocycles. The van der Waals surface area contributed by atoms with Gasteiger partial charge in [-0.1, -0.05) is 54.6 Å².